The van der Waals surface area contributed by atoms with Crippen molar-refractivity contribution in [1.29, 1.82) is 0 Å². The molecule has 0 bridgehead atoms. The largest absolute Gasteiger partial charge is 0.322 e. The van der Waals surface area contributed by atoms with Crippen molar-refractivity contribution in [1.82, 2.24) is 30.0 Å². The number of carbonyl (C=O) groups excluding carboxylic acids is 1. The molecule has 0 aliphatic rings. The van der Waals surface area contributed by atoms with Crippen LogP contribution < -0.4 is 5.32 Å². The van der Waals surface area contributed by atoms with Gasteiger partial charge in [-0.1, -0.05) is 41.4 Å². The van der Waals surface area contributed by atoms with Gasteiger partial charge in [0.05, 0.1) is 23.5 Å². The minimum atomic E-state index is -0.308. The van der Waals surface area contributed by atoms with Crippen LogP contribution in [0, 0.1) is 13.8 Å². The lowest BCUT2D eigenvalue weighted by Crippen LogP contribution is -2.13. The molecule has 4 rings (SSSR count). The van der Waals surface area contributed by atoms with Gasteiger partial charge in [0.2, 0.25) is 0 Å². The summed E-state index contributed by atoms with van der Waals surface area (Å²) in [6.07, 6.45) is 1.50. The van der Waals surface area contributed by atoms with Crippen molar-refractivity contribution < 1.29 is 4.79 Å². The molecule has 0 spiro atoms. The number of tetrazole rings is 1. The lowest BCUT2D eigenvalue weighted by Gasteiger charge is -2.07. The molecule has 0 aliphatic heterocycles. The Morgan fingerprint density at radius 2 is 1.79 bits per heavy atom. The lowest BCUT2D eigenvalue weighted by atomic mass is 10.1. The zero-order valence-electron chi connectivity index (χ0n) is 15.9. The molecule has 0 aliphatic carbocycles. The molecule has 2 aromatic carbocycles. The lowest BCUT2D eigenvalue weighted by molar-refractivity contribution is 0.102. The zero-order valence-corrected chi connectivity index (χ0v) is 16.6. The minimum Gasteiger partial charge on any atom is -0.322 e. The first-order valence-electron chi connectivity index (χ1n) is 8.94. The third-order valence-corrected chi connectivity index (χ3v) is 4.87. The topological polar surface area (TPSA) is 90.5 Å². The van der Waals surface area contributed by atoms with Gasteiger partial charge >= 0.3 is 0 Å². The van der Waals surface area contributed by atoms with Crippen molar-refractivity contribution in [2.75, 3.05) is 5.32 Å². The fourth-order valence-corrected chi connectivity index (χ4v) is 3.27. The predicted molar refractivity (Wildman–Crippen MR) is 109 cm³/mol. The Hall–Kier alpha value is -3.52. The van der Waals surface area contributed by atoms with Gasteiger partial charge in [0, 0.05) is 5.69 Å². The second-order valence-electron chi connectivity index (χ2n) is 6.65. The van der Waals surface area contributed by atoms with Crippen molar-refractivity contribution >= 4 is 23.2 Å². The van der Waals surface area contributed by atoms with Crippen LogP contribution in [0.1, 0.15) is 27.2 Å². The molecule has 0 fully saturated rings. The number of anilines is 1. The summed E-state index contributed by atoms with van der Waals surface area (Å²) in [5.74, 6) is -0.308. The summed E-state index contributed by atoms with van der Waals surface area (Å²) in [5.41, 5.74) is 4.60. The van der Waals surface area contributed by atoms with Gasteiger partial charge in [-0.3, -0.25) is 4.79 Å². The number of nitrogens with one attached hydrogen (secondary N) is 1. The van der Waals surface area contributed by atoms with Crippen LogP contribution in [-0.4, -0.2) is 35.9 Å². The van der Waals surface area contributed by atoms with Gasteiger partial charge in [-0.2, -0.15) is 5.10 Å². The highest BCUT2D eigenvalue weighted by molar-refractivity contribution is 6.33. The predicted octanol–water partition coefficient (Wildman–Crippen LogP) is 3.43. The first-order valence-corrected chi connectivity index (χ1v) is 9.32. The Morgan fingerprint density at radius 1 is 1.07 bits per heavy atom. The fourth-order valence-electron chi connectivity index (χ4n) is 2.95. The molecule has 0 radical (unpaired) electrons. The summed E-state index contributed by atoms with van der Waals surface area (Å²) in [6.45, 7) is 4.30. The van der Waals surface area contributed by atoms with Crippen LogP contribution in [0.4, 0.5) is 5.69 Å². The number of benzene rings is 2. The molecule has 9 heteroatoms. The Labute approximate surface area is 172 Å². The number of rotatable bonds is 5. The average molecular weight is 408 g/mol. The molecule has 1 amide bonds. The summed E-state index contributed by atoms with van der Waals surface area (Å²) in [5, 5.41) is 18.6. The molecule has 8 nitrogen and oxygen atoms in total. The maximum Gasteiger partial charge on any atom is 0.260 e. The molecular weight excluding hydrogens is 390 g/mol. The molecule has 2 aromatic heterocycles. The van der Waals surface area contributed by atoms with Gasteiger partial charge in [-0.25, -0.2) is 9.36 Å². The van der Waals surface area contributed by atoms with Gasteiger partial charge < -0.3 is 5.32 Å². The van der Waals surface area contributed by atoms with E-state index in [0.717, 1.165) is 11.3 Å². The van der Waals surface area contributed by atoms with Gasteiger partial charge in [-0.05, 0) is 54.1 Å². The van der Waals surface area contributed by atoms with Gasteiger partial charge in [0.1, 0.15) is 11.5 Å². The SMILES string of the molecule is Cc1ccc(Cn2nc(C)c(C(=O)Nc3ccc(-n4cnnn4)cc3)c2Cl)cc1. The van der Waals surface area contributed by atoms with E-state index in [4.69, 9.17) is 11.6 Å². The molecule has 0 unspecified atom stereocenters. The van der Waals surface area contributed by atoms with Crippen molar-refractivity contribution in [2.24, 2.45) is 0 Å². The van der Waals surface area contributed by atoms with Crippen molar-refractivity contribution in [3.8, 4) is 5.69 Å². The van der Waals surface area contributed by atoms with Crippen LogP contribution in [0.15, 0.2) is 54.9 Å². The monoisotopic (exact) mass is 407 g/mol. The number of hydrogen-bond acceptors (Lipinski definition) is 5. The Morgan fingerprint density at radius 3 is 2.45 bits per heavy atom. The summed E-state index contributed by atoms with van der Waals surface area (Å²) >= 11 is 6.48. The normalized spacial score (nSPS) is 10.9. The van der Waals surface area contributed by atoms with Crippen molar-refractivity contribution in [2.45, 2.75) is 20.4 Å². The fraction of sp³-hybridized carbons (Fsp3) is 0.150. The van der Waals surface area contributed by atoms with Crippen LogP contribution in [-0.2, 0) is 6.54 Å². The standard InChI is InChI=1S/C20H18ClN7O/c1-13-3-5-15(6-4-13)11-27-19(21)18(14(2)24-27)20(29)23-16-7-9-17(10-8-16)28-12-22-25-26-28/h3-10,12H,11H2,1-2H3,(H,23,29). The van der Waals surface area contributed by atoms with E-state index in [0.29, 0.717) is 28.6 Å². The van der Waals surface area contributed by atoms with Gasteiger partial charge in [-0.15, -0.1) is 5.10 Å². The zero-order chi connectivity index (χ0) is 20.4. The molecule has 4 aromatic rings. The summed E-state index contributed by atoms with van der Waals surface area (Å²) < 4.78 is 3.17. The number of carbonyl (C=O) groups is 1. The smallest absolute Gasteiger partial charge is 0.260 e. The summed E-state index contributed by atoms with van der Waals surface area (Å²) in [7, 11) is 0. The van der Waals surface area contributed by atoms with Crippen LogP contribution in [0.3, 0.4) is 0 Å². The first kappa shape index (κ1) is 18.8. The van der Waals surface area contributed by atoms with E-state index in [1.54, 1.807) is 35.9 Å². The molecular formula is C20H18ClN7O. The molecule has 0 saturated heterocycles. The summed E-state index contributed by atoms with van der Waals surface area (Å²) in [6, 6.07) is 15.3. The minimum absolute atomic E-state index is 0.308. The second kappa shape index (κ2) is 7.84. The molecule has 2 heterocycles. The number of halogens is 1. The van der Waals surface area contributed by atoms with Crippen LogP contribution in [0.5, 0.6) is 0 Å². The van der Waals surface area contributed by atoms with E-state index in [9.17, 15) is 4.79 Å². The van der Waals surface area contributed by atoms with E-state index in [1.807, 2.05) is 31.2 Å². The van der Waals surface area contributed by atoms with E-state index in [-0.39, 0.29) is 5.91 Å². The van der Waals surface area contributed by atoms with E-state index >= 15 is 0 Å². The highest BCUT2D eigenvalue weighted by Crippen LogP contribution is 2.23. The van der Waals surface area contributed by atoms with E-state index in [2.05, 4.69) is 25.9 Å². The first-order chi connectivity index (χ1) is 14.0. The number of aryl methyl sites for hydroxylation is 2. The Balaban J connectivity index is 1.51. The van der Waals surface area contributed by atoms with E-state index in [1.165, 1.54) is 16.6 Å². The number of amides is 1. The average Bonchev–Trinajstić information content (AvgIpc) is 3.33. The van der Waals surface area contributed by atoms with Crippen molar-refractivity contribution in [3.63, 3.8) is 0 Å². The van der Waals surface area contributed by atoms with Gasteiger partial charge in [0.15, 0.2) is 0 Å². The van der Waals surface area contributed by atoms with E-state index < -0.39 is 0 Å². The van der Waals surface area contributed by atoms with Crippen LogP contribution >= 0.6 is 11.6 Å². The number of nitrogens with zero attached hydrogens (tertiary/aromatic N) is 6. The highest BCUT2D eigenvalue weighted by Gasteiger charge is 2.20. The molecule has 29 heavy (non-hydrogen) atoms. The molecule has 0 saturated carbocycles. The van der Waals surface area contributed by atoms with Crippen molar-refractivity contribution in [3.05, 3.63) is 82.4 Å². The maximum atomic E-state index is 12.8. The van der Waals surface area contributed by atoms with Gasteiger partial charge in [0.25, 0.3) is 5.91 Å². The quantitative estimate of drug-likeness (QED) is 0.547. The van der Waals surface area contributed by atoms with Crippen LogP contribution in [0.25, 0.3) is 5.69 Å². The Bertz CT molecular complexity index is 1130. The third-order valence-electron chi connectivity index (χ3n) is 4.48. The highest BCUT2D eigenvalue weighted by atomic mass is 35.5. The third kappa shape index (κ3) is 4.02. The number of aromatic nitrogens is 6. The molecule has 146 valence electrons. The molecule has 1 N–H and O–H groups in total. The number of hydrogen-bond donors (Lipinski definition) is 1. The molecule has 0 atom stereocenters. The second-order valence-corrected chi connectivity index (χ2v) is 7.01. The van der Waals surface area contributed by atoms with Crippen LogP contribution in [0.2, 0.25) is 5.15 Å². The Kier molecular flexibility index (Phi) is 5.09. The maximum absolute atomic E-state index is 12.8. The summed E-state index contributed by atoms with van der Waals surface area (Å²) in [4.78, 5) is 12.8.